The van der Waals surface area contributed by atoms with Gasteiger partial charge in [0.1, 0.15) is 0 Å². The van der Waals surface area contributed by atoms with Crippen molar-refractivity contribution < 1.29 is 0 Å². The molecule has 0 aliphatic heterocycles. The second-order valence-electron chi connectivity index (χ2n) is 6.65. The molecule has 0 nitrogen and oxygen atoms in total. The maximum atomic E-state index is 2.37. The van der Waals surface area contributed by atoms with Crippen molar-refractivity contribution in [3.8, 4) is 0 Å². The lowest BCUT2D eigenvalue weighted by Gasteiger charge is -2.24. The number of benzene rings is 2. The van der Waals surface area contributed by atoms with Crippen molar-refractivity contribution in [2.75, 3.05) is 6.16 Å². The SMILES string of the molecule is CCCCCCP(c1cccc(C)c1C)c1cccc(C)c1C. The highest BCUT2D eigenvalue weighted by molar-refractivity contribution is 7.73. The van der Waals surface area contributed by atoms with Gasteiger partial charge in [-0.15, -0.1) is 0 Å². The van der Waals surface area contributed by atoms with Gasteiger partial charge >= 0.3 is 0 Å². The van der Waals surface area contributed by atoms with E-state index in [2.05, 4.69) is 71.0 Å². The molecule has 0 radical (unpaired) electrons. The first-order chi connectivity index (χ1) is 11.1. The fourth-order valence-corrected chi connectivity index (χ4v) is 6.10. The molecule has 124 valence electrons. The number of hydrogen-bond donors (Lipinski definition) is 0. The van der Waals surface area contributed by atoms with Gasteiger partial charge in [-0.25, -0.2) is 0 Å². The van der Waals surface area contributed by atoms with E-state index in [1.807, 2.05) is 0 Å². The van der Waals surface area contributed by atoms with E-state index < -0.39 is 0 Å². The molecule has 0 spiro atoms. The van der Waals surface area contributed by atoms with Crippen LogP contribution in [0.4, 0.5) is 0 Å². The molecular weight excluding hydrogens is 295 g/mol. The molecule has 23 heavy (non-hydrogen) atoms. The molecule has 0 unspecified atom stereocenters. The predicted octanol–water partition coefficient (Wildman–Crippen LogP) is 5.93. The average molecular weight is 326 g/mol. The van der Waals surface area contributed by atoms with Crippen molar-refractivity contribution in [2.24, 2.45) is 0 Å². The van der Waals surface area contributed by atoms with Crippen LogP contribution in [0.1, 0.15) is 54.9 Å². The largest absolute Gasteiger partial charge is 0.0654 e. The first-order valence-electron chi connectivity index (χ1n) is 8.96. The highest BCUT2D eigenvalue weighted by atomic mass is 31.1. The van der Waals surface area contributed by atoms with Gasteiger partial charge in [-0.05, 0) is 81.1 Å². The number of hydrogen-bond acceptors (Lipinski definition) is 0. The summed E-state index contributed by atoms with van der Waals surface area (Å²) in [6.45, 7) is 11.4. The summed E-state index contributed by atoms with van der Waals surface area (Å²) >= 11 is 0. The fourth-order valence-electron chi connectivity index (χ4n) is 3.12. The highest BCUT2D eigenvalue weighted by Gasteiger charge is 2.18. The minimum absolute atomic E-state index is 0.242. The zero-order valence-corrected chi connectivity index (χ0v) is 16.3. The minimum Gasteiger partial charge on any atom is -0.0654 e. The Balaban J connectivity index is 2.39. The van der Waals surface area contributed by atoms with E-state index in [1.54, 1.807) is 10.6 Å². The molecular formula is C22H31P. The summed E-state index contributed by atoms with van der Waals surface area (Å²) in [6.07, 6.45) is 6.71. The Morgan fingerprint density at radius 1 is 0.696 bits per heavy atom. The lowest BCUT2D eigenvalue weighted by atomic mass is 10.1. The highest BCUT2D eigenvalue weighted by Crippen LogP contribution is 2.38. The van der Waals surface area contributed by atoms with Crippen LogP contribution in [-0.2, 0) is 0 Å². The molecule has 0 saturated heterocycles. The van der Waals surface area contributed by atoms with Crippen LogP contribution in [0.5, 0.6) is 0 Å². The van der Waals surface area contributed by atoms with Crippen LogP contribution in [0.3, 0.4) is 0 Å². The Kier molecular flexibility index (Phi) is 6.85. The number of unbranched alkanes of at least 4 members (excludes halogenated alkanes) is 3. The fraction of sp³-hybridized carbons (Fsp3) is 0.455. The molecule has 0 aromatic heterocycles. The van der Waals surface area contributed by atoms with E-state index in [1.165, 1.54) is 54.1 Å². The van der Waals surface area contributed by atoms with E-state index in [9.17, 15) is 0 Å². The zero-order chi connectivity index (χ0) is 16.8. The van der Waals surface area contributed by atoms with Crippen LogP contribution < -0.4 is 10.6 Å². The summed E-state index contributed by atoms with van der Waals surface area (Å²) < 4.78 is 0. The van der Waals surface area contributed by atoms with Crippen molar-refractivity contribution in [3.05, 3.63) is 58.7 Å². The third-order valence-corrected chi connectivity index (χ3v) is 7.86. The molecule has 0 saturated carbocycles. The molecule has 0 atom stereocenters. The van der Waals surface area contributed by atoms with Crippen LogP contribution in [0, 0.1) is 27.7 Å². The molecule has 2 aromatic rings. The van der Waals surface area contributed by atoms with Crippen molar-refractivity contribution in [1.82, 2.24) is 0 Å². The Bertz CT molecular complexity index is 591. The van der Waals surface area contributed by atoms with Crippen LogP contribution >= 0.6 is 7.92 Å². The van der Waals surface area contributed by atoms with Crippen LogP contribution in [0.25, 0.3) is 0 Å². The summed E-state index contributed by atoms with van der Waals surface area (Å²) in [6, 6.07) is 13.7. The second kappa shape index (κ2) is 8.65. The summed E-state index contributed by atoms with van der Waals surface area (Å²) in [5, 5.41) is 3.18. The smallest absolute Gasteiger partial charge is 0.0163 e. The monoisotopic (exact) mass is 326 g/mol. The topological polar surface area (TPSA) is 0 Å². The molecule has 0 aliphatic carbocycles. The minimum atomic E-state index is -0.242. The van der Waals surface area contributed by atoms with E-state index in [-0.39, 0.29) is 7.92 Å². The first-order valence-corrected chi connectivity index (χ1v) is 10.5. The number of rotatable bonds is 7. The second-order valence-corrected chi connectivity index (χ2v) is 8.92. The quantitative estimate of drug-likeness (QED) is 0.437. The van der Waals surface area contributed by atoms with Gasteiger partial charge in [0, 0.05) is 0 Å². The molecule has 0 aliphatic rings. The molecule has 2 rings (SSSR count). The van der Waals surface area contributed by atoms with Gasteiger partial charge in [0.05, 0.1) is 0 Å². The van der Waals surface area contributed by atoms with Crippen LogP contribution in [0.15, 0.2) is 36.4 Å². The maximum absolute atomic E-state index is 2.37. The number of aryl methyl sites for hydroxylation is 2. The lowest BCUT2D eigenvalue weighted by Crippen LogP contribution is -2.20. The van der Waals surface area contributed by atoms with Gasteiger partial charge in [-0.1, -0.05) is 62.6 Å². The lowest BCUT2D eigenvalue weighted by molar-refractivity contribution is 0.705. The van der Waals surface area contributed by atoms with E-state index in [0.29, 0.717) is 0 Å². The third-order valence-electron chi connectivity index (χ3n) is 4.97. The summed E-state index contributed by atoms with van der Waals surface area (Å²) in [7, 11) is -0.242. The summed E-state index contributed by atoms with van der Waals surface area (Å²) in [5.41, 5.74) is 5.84. The van der Waals surface area contributed by atoms with Gasteiger partial charge in [-0.3, -0.25) is 0 Å². The molecule has 0 bridgehead atoms. The molecule has 0 fully saturated rings. The van der Waals surface area contributed by atoms with Gasteiger partial charge in [0.15, 0.2) is 0 Å². The summed E-state index contributed by atoms with van der Waals surface area (Å²) in [4.78, 5) is 0. The van der Waals surface area contributed by atoms with Gasteiger partial charge < -0.3 is 0 Å². The Labute approximate surface area is 144 Å². The normalized spacial score (nSPS) is 11.2. The third kappa shape index (κ3) is 4.45. The van der Waals surface area contributed by atoms with E-state index in [0.717, 1.165) is 0 Å². The van der Waals surface area contributed by atoms with Crippen molar-refractivity contribution >= 4 is 18.5 Å². The van der Waals surface area contributed by atoms with Crippen molar-refractivity contribution in [2.45, 2.75) is 60.3 Å². The average Bonchev–Trinajstić information content (AvgIpc) is 2.54. The Morgan fingerprint density at radius 2 is 1.22 bits per heavy atom. The Hall–Kier alpha value is -1.13. The van der Waals surface area contributed by atoms with Crippen molar-refractivity contribution in [1.29, 1.82) is 0 Å². The molecule has 0 amide bonds. The first kappa shape index (κ1) is 18.2. The molecule has 0 N–H and O–H groups in total. The van der Waals surface area contributed by atoms with E-state index >= 15 is 0 Å². The van der Waals surface area contributed by atoms with Crippen LogP contribution in [-0.4, -0.2) is 6.16 Å². The molecule has 0 heterocycles. The van der Waals surface area contributed by atoms with Gasteiger partial charge in [-0.2, -0.15) is 0 Å². The summed E-state index contributed by atoms with van der Waals surface area (Å²) in [5.74, 6) is 0. The molecule has 1 heteroatoms. The Morgan fingerprint density at radius 3 is 1.70 bits per heavy atom. The van der Waals surface area contributed by atoms with Crippen LogP contribution in [0.2, 0.25) is 0 Å². The zero-order valence-electron chi connectivity index (χ0n) is 15.4. The molecule has 2 aromatic carbocycles. The standard InChI is InChI=1S/C22H31P/c1-6-7-8-9-16-23(21-14-10-12-17(2)19(21)4)22-15-11-13-18(3)20(22)5/h10-15H,6-9,16H2,1-5H3. The maximum Gasteiger partial charge on any atom is -0.0163 e. The van der Waals surface area contributed by atoms with Gasteiger partial charge in [0.2, 0.25) is 0 Å². The predicted molar refractivity (Wildman–Crippen MR) is 107 cm³/mol. The van der Waals surface area contributed by atoms with Gasteiger partial charge in [0.25, 0.3) is 0 Å². The van der Waals surface area contributed by atoms with E-state index in [4.69, 9.17) is 0 Å². The van der Waals surface area contributed by atoms with Crippen molar-refractivity contribution in [3.63, 3.8) is 0 Å².